The van der Waals surface area contributed by atoms with E-state index in [2.05, 4.69) is 9.05 Å². The molecule has 0 atom stereocenters. The highest BCUT2D eigenvalue weighted by Gasteiger charge is 2.65. The molecule has 0 aromatic carbocycles. The summed E-state index contributed by atoms with van der Waals surface area (Å²) in [6.45, 7) is 0. The molecule has 0 aliphatic rings. The molecule has 3 nitrogen and oxygen atoms in total. The zero-order valence-electron chi connectivity index (χ0n) is 7.49. The Kier molecular flexibility index (Phi) is 4.84. The van der Waals surface area contributed by atoms with Crippen molar-refractivity contribution in [2.75, 3.05) is 0 Å². The van der Waals surface area contributed by atoms with Gasteiger partial charge in [0.25, 0.3) is 0 Å². The van der Waals surface area contributed by atoms with Crippen molar-refractivity contribution in [1.82, 2.24) is 0 Å². The maximum absolute atomic E-state index is 12.0. The SMILES string of the molecule is OP(OC(F)(F)C(F)(F)F)OC(F)(F)C(F)(F)F. The first-order chi connectivity index (χ1) is 7.60. The van der Waals surface area contributed by atoms with Crippen LogP contribution in [0, 0.1) is 0 Å². The first-order valence-electron chi connectivity index (χ1n) is 3.36. The van der Waals surface area contributed by atoms with Gasteiger partial charge in [-0.25, -0.2) is 9.05 Å². The summed E-state index contributed by atoms with van der Waals surface area (Å²) in [7, 11) is -4.83. The second kappa shape index (κ2) is 4.94. The summed E-state index contributed by atoms with van der Waals surface area (Å²) in [6, 6.07) is 0. The molecular formula is C4HF10O3P. The maximum Gasteiger partial charge on any atom is 0.483 e. The number of hydrogen-bond donors (Lipinski definition) is 1. The molecule has 0 unspecified atom stereocenters. The third-order valence-corrected chi connectivity index (χ3v) is 1.82. The van der Waals surface area contributed by atoms with Gasteiger partial charge in [-0.05, 0) is 0 Å². The van der Waals surface area contributed by atoms with Gasteiger partial charge in [0.05, 0.1) is 0 Å². The fourth-order valence-corrected chi connectivity index (χ4v) is 0.955. The Morgan fingerprint density at radius 1 is 0.611 bits per heavy atom. The van der Waals surface area contributed by atoms with Crippen LogP contribution >= 0.6 is 8.60 Å². The summed E-state index contributed by atoms with van der Waals surface area (Å²) in [4.78, 5) is 8.11. The molecule has 0 aliphatic heterocycles. The zero-order chi connectivity index (χ0) is 15.0. The summed E-state index contributed by atoms with van der Waals surface area (Å²) in [5.41, 5.74) is 0. The van der Waals surface area contributed by atoms with Crippen LogP contribution in [0.3, 0.4) is 0 Å². The molecule has 0 saturated heterocycles. The van der Waals surface area contributed by atoms with Gasteiger partial charge in [-0.2, -0.15) is 43.9 Å². The molecular weight excluding hydrogens is 317 g/mol. The van der Waals surface area contributed by atoms with Crippen LogP contribution in [0.1, 0.15) is 0 Å². The van der Waals surface area contributed by atoms with Gasteiger partial charge in [0.15, 0.2) is 0 Å². The standard InChI is InChI=1S/C4HF10O3P/c5-1(6,7)3(11,12)16-18(15)17-4(13,14)2(8,9)10/h15H. The monoisotopic (exact) mass is 318 g/mol. The second-order valence-electron chi connectivity index (χ2n) is 2.45. The van der Waals surface area contributed by atoms with Crippen molar-refractivity contribution in [3.63, 3.8) is 0 Å². The lowest BCUT2D eigenvalue weighted by molar-refractivity contribution is -0.381. The minimum Gasteiger partial charge on any atom is -0.328 e. The molecule has 0 amide bonds. The average Bonchev–Trinajstić information content (AvgIpc) is 1.95. The van der Waals surface area contributed by atoms with Gasteiger partial charge in [0.2, 0.25) is 0 Å². The molecule has 1 N–H and O–H groups in total. The average molecular weight is 318 g/mol. The highest BCUT2D eigenvalue weighted by molar-refractivity contribution is 7.40. The molecule has 0 aromatic heterocycles. The summed E-state index contributed by atoms with van der Waals surface area (Å²) in [5.74, 6) is 0. The highest BCUT2D eigenvalue weighted by Crippen LogP contribution is 2.52. The smallest absolute Gasteiger partial charge is 0.328 e. The minimum atomic E-state index is -6.42. The van der Waals surface area contributed by atoms with Crippen molar-refractivity contribution in [2.45, 2.75) is 24.6 Å². The second-order valence-corrected chi connectivity index (χ2v) is 3.29. The zero-order valence-corrected chi connectivity index (χ0v) is 8.38. The first-order valence-corrected chi connectivity index (χ1v) is 4.49. The van der Waals surface area contributed by atoms with Crippen molar-refractivity contribution < 1.29 is 57.8 Å². The predicted octanol–water partition coefficient (Wildman–Crippen LogP) is 3.55. The predicted molar refractivity (Wildman–Crippen MR) is 33.3 cm³/mol. The molecule has 0 radical (unpaired) electrons. The topological polar surface area (TPSA) is 38.7 Å². The molecule has 0 bridgehead atoms. The Labute approximate surface area is 92.3 Å². The third kappa shape index (κ3) is 4.37. The van der Waals surface area contributed by atoms with Gasteiger partial charge < -0.3 is 4.89 Å². The van der Waals surface area contributed by atoms with Crippen molar-refractivity contribution in [3.8, 4) is 0 Å². The lowest BCUT2D eigenvalue weighted by atomic mass is 10.6. The van der Waals surface area contributed by atoms with Crippen molar-refractivity contribution in [1.29, 1.82) is 0 Å². The van der Waals surface area contributed by atoms with Crippen molar-refractivity contribution >= 4 is 8.60 Å². The van der Waals surface area contributed by atoms with Crippen LogP contribution < -0.4 is 0 Å². The van der Waals surface area contributed by atoms with Gasteiger partial charge in [0.1, 0.15) is 0 Å². The molecule has 14 heteroatoms. The Balaban J connectivity index is 4.69. The fraction of sp³-hybridized carbons (Fsp3) is 1.00. The van der Waals surface area contributed by atoms with Crippen LogP contribution in [0.5, 0.6) is 0 Å². The van der Waals surface area contributed by atoms with E-state index in [1.807, 2.05) is 0 Å². The van der Waals surface area contributed by atoms with Crippen molar-refractivity contribution in [2.24, 2.45) is 0 Å². The molecule has 0 fully saturated rings. The van der Waals surface area contributed by atoms with Gasteiger partial charge in [-0.15, -0.1) is 0 Å². The van der Waals surface area contributed by atoms with Gasteiger partial charge >= 0.3 is 33.2 Å². The van der Waals surface area contributed by atoms with E-state index in [4.69, 9.17) is 4.89 Å². The molecule has 0 aliphatic carbocycles. The van der Waals surface area contributed by atoms with Gasteiger partial charge in [0, 0.05) is 0 Å². The molecule has 18 heavy (non-hydrogen) atoms. The third-order valence-electron chi connectivity index (χ3n) is 1.05. The number of hydrogen-bond acceptors (Lipinski definition) is 3. The molecule has 0 rings (SSSR count). The van der Waals surface area contributed by atoms with Crippen LogP contribution in [-0.4, -0.2) is 29.5 Å². The lowest BCUT2D eigenvalue weighted by Crippen LogP contribution is -2.40. The Morgan fingerprint density at radius 2 is 0.833 bits per heavy atom. The quantitative estimate of drug-likeness (QED) is 0.636. The first kappa shape index (κ1) is 17.6. The lowest BCUT2D eigenvalue weighted by Gasteiger charge is -2.24. The van der Waals surface area contributed by atoms with E-state index >= 15 is 0 Å². The number of halogens is 10. The summed E-state index contributed by atoms with van der Waals surface area (Å²) >= 11 is 0. The maximum atomic E-state index is 12.0. The molecule has 110 valence electrons. The molecule has 0 spiro atoms. The Hall–Kier alpha value is -0.390. The Morgan fingerprint density at radius 3 is 1.00 bits per heavy atom. The van der Waals surface area contributed by atoms with E-state index in [1.54, 1.807) is 0 Å². The fourth-order valence-electron chi connectivity index (χ4n) is 0.318. The summed E-state index contributed by atoms with van der Waals surface area (Å²) in [6.07, 6.45) is -25.1. The Bertz CT molecular complexity index is 256. The largest absolute Gasteiger partial charge is 0.483 e. The van der Waals surface area contributed by atoms with Gasteiger partial charge in [-0.3, -0.25) is 0 Å². The summed E-state index contributed by atoms with van der Waals surface area (Å²) in [5, 5.41) is 0. The van der Waals surface area contributed by atoms with E-state index < -0.39 is 33.2 Å². The van der Waals surface area contributed by atoms with E-state index in [0.29, 0.717) is 0 Å². The van der Waals surface area contributed by atoms with E-state index in [9.17, 15) is 43.9 Å². The van der Waals surface area contributed by atoms with Crippen LogP contribution in [0.4, 0.5) is 43.9 Å². The van der Waals surface area contributed by atoms with Crippen molar-refractivity contribution in [3.05, 3.63) is 0 Å². The highest BCUT2D eigenvalue weighted by atomic mass is 31.2. The number of rotatable bonds is 4. The molecule has 0 saturated carbocycles. The van der Waals surface area contributed by atoms with Gasteiger partial charge in [-0.1, -0.05) is 0 Å². The van der Waals surface area contributed by atoms with Crippen LogP contribution in [0.2, 0.25) is 0 Å². The molecule has 0 aromatic rings. The molecule has 0 heterocycles. The van der Waals surface area contributed by atoms with E-state index in [0.717, 1.165) is 0 Å². The normalized spacial score (nSPS) is 15.3. The number of alkyl halides is 10. The van der Waals surface area contributed by atoms with Crippen LogP contribution in [0.15, 0.2) is 0 Å². The van der Waals surface area contributed by atoms with E-state index in [-0.39, 0.29) is 0 Å². The van der Waals surface area contributed by atoms with E-state index in [1.165, 1.54) is 0 Å². The van der Waals surface area contributed by atoms with Crippen LogP contribution in [0.25, 0.3) is 0 Å². The van der Waals surface area contributed by atoms with Crippen LogP contribution in [-0.2, 0) is 9.05 Å². The summed E-state index contributed by atoms with van der Waals surface area (Å²) < 4.78 is 121. The minimum absolute atomic E-state index is 2.29.